The van der Waals surface area contributed by atoms with Crippen LogP contribution in [0.5, 0.6) is 0 Å². The Labute approximate surface area is 201 Å². The van der Waals surface area contributed by atoms with Crippen molar-refractivity contribution < 1.29 is 9.50 Å². The van der Waals surface area contributed by atoms with Gasteiger partial charge in [0.15, 0.2) is 0 Å². The highest BCUT2D eigenvalue weighted by Crippen LogP contribution is 2.57. The van der Waals surface area contributed by atoms with E-state index in [2.05, 4.69) is 57.4 Å². The molecular weight excluding hydrogens is 415 g/mol. The average Bonchev–Trinajstić information content (AvgIpc) is 3.12. The number of fused-ring (bicyclic) bond motifs is 1. The molecule has 0 aliphatic heterocycles. The van der Waals surface area contributed by atoms with Crippen LogP contribution in [0.1, 0.15) is 85.5 Å². The van der Waals surface area contributed by atoms with Crippen molar-refractivity contribution in [2.24, 2.45) is 17.3 Å². The summed E-state index contributed by atoms with van der Waals surface area (Å²) in [4.78, 5) is 0. The molecule has 3 aliphatic rings. The third kappa shape index (κ3) is 5.36. The molecule has 0 aromatic rings. The van der Waals surface area contributed by atoms with E-state index in [1.54, 1.807) is 5.57 Å². The van der Waals surface area contributed by atoms with E-state index in [0.29, 0.717) is 23.8 Å². The molecule has 178 valence electrons. The van der Waals surface area contributed by atoms with Crippen molar-refractivity contribution in [1.29, 1.82) is 0 Å². The first-order chi connectivity index (χ1) is 15.1. The number of allylic oxidation sites excluding steroid dienone is 8. The highest BCUT2D eigenvalue weighted by Gasteiger charge is 2.45. The fraction of sp³-hybridized carbons (Fsp3) is 0.655. The Balaban J connectivity index is 1.73. The second kappa shape index (κ2) is 10.5. The largest absolute Gasteiger partial charge is 0.386 e. The normalized spacial score (nSPS) is 34.9. The van der Waals surface area contributed by atoms with Crippen molar-refractivity contribution >= 4 is 12.6 Å². The Morgan fingerprint density at radius 1 is 1.34 bits per heavy atom. The van der Waals surface area contributed by atoms with Gasteiger partial charge in [-0.25, -0.2) is 4.39 Å². The summed E-state index contributed by atoms with van der Waals surface area (Å²) in [5.74, 6) is 1.02. The lowest BCUT2D eigenvalue weighted by Crippen LogP contribution is -2.32. The molecule has 5 atom stereocenters. The van der Waals surface area contributed by atoms with E-state index in [-0.39, 0.29) is 10.7 Å². The van der Waals surface area contributed by atoms with Crippen LogP contribution in [0.2, 0.25) is 0 Å². The monoisotopic (exact) mass is 458 g/mol. The van der Waals surface area contributed by atoms with Crippen molar-refractivity contribution in [3.63, 3.8) is 0 Å². The van der Waals surface area contributed by atoms with Crippen molar-refractivity contribution in [2.75, 3.05) is 0 Å². The molecule has 1 nitrogen and oxygen atoms in total. The SMILES string of the molecule is C=C1/C(=C/C=C2/CCCC3(C)C(C(C)C/C=C/C(O)(CC)CC)=CCC23)CC(S)CC1F. The molecule has 0 aromatic carbocycles. The zero-order valence-electron chi connectivity index (χ0n) is 20.5. The predicted molar refractivity (Wildman–Crippen MR) is 139 cm³/mol. The quantitative estimate of drug-likeness (QED) is 0.292. The molecule has 0 bridgehead atoms. The molecule has 2 saturated carbocycles. The van der Waals surface area contributed by atoms with Crippen LogP contribution in [-0.4, -0.2) is 22.1 Å². The molecule has 0 saturated heterocycles. The van der Waals surface area contributed by atoms with Crippen molar-refractivity contribution in [3.8, 4) is 0 Å². The minimum atomic E-state index is -0.959. The van der Waals surface area contributed by atoms with Gasteiger partial charge >= 0.3 is 0 Å². The molecule has 5 unspecified atom stereocenters. The van der Waals surface area contributed by atoms with Crippen LogP contribution < -0.4 is 0 Å². The van der Waals surface area contributed by atoms with Crippen LogP contribution in [0.3, 0.4) is 0 Å². The first-order valence-electron chi connectivity index (χ1n) is 12.6. The van der Waals surface area contributed by atoms with Crippen LogP contribution in [0.25, 0.3) is 0 Å². The Hall–Kier alpha value is -1.06. The minimum absolute atomic E-state index is 0.0866. The number of alkyl halides is 1. The molecule has 0 radical (unpaired) electrons. The van der Waals surface area contributed by atoms with E-state index in [4.69, 9.17) is 0 Å². The lowest BCUT2D eigenvalue weighted by atomic mass is 9.62. The fourth-order valence-corrected chi connectivity index (χ4v) is 6.54. The van der Waals surface area contributed by atoms with Gasteiger partial charge in [0.1, 0.15) is 6.17 Å². The summed E-state index contributed by atoms with van der Waals surface area (Å²) < 4.78 is 14.2. The molecule has 0 aromatic heterocycles. The van der Waals surface area contributed by atoms with Gasteiger partial charge in [0.2, 0.25) is 0 Å². The van der Waals surface area contributed by atoms with Crippen molar-refractivity contribution in [3.05, 3.63) is 59.3 Å². The number of rotatable bonds is 7. The Morgan fingerprint density at radius 3 is 2.75 bits per heavy atom. The van der Waals surface area contributed by atoms with E-state index in [9.17, 15) is 9.50 Å². The molecule has 32 heavy (non-hydrogen) atoms. The maximum Gasteiger partial charge on any atom is 0.126 e. The van der Waals surface area contributed by atoms with Crippen LogP contribution >= 0.6 is 12.6 Å². The topological polar surface area (TPSA) is 20.2 Å². The van der Waals surface area contributed by atoms with Crippen LogP contribution in [-0.2, 0) is 0 Å². The first kappa shape index (κ1) is 25.6. The van der Waals surface area contributed by atoms with E-state index < -0.39 is 11.8 Å². The minimum Gasteiger partial charge on any atom is -0.386 e. The molecule has 3 heteroatoms. The van der Waals surface area contributed by atoms with E-state index in [1.807, 2.05) is 19.9 Å². The molecule has 3 rings (SSSR count). The summed E-state index contributed by atoms with van der Waals surface area (Å²) >= 11 is 4.53. The molecule has 0 heterocycles. The standard InChI is InChI=1S/C29H43FOS/c1-6-29(31,7-2)17-8-10-20(3)25-14-15-26-22(11-9-16-28(25,26)5)12-13-23-18-24(32)19-27(30)21(23)4/h8,12-14,17,20,24,26-27,31-32H,4,6-7,9-11,15-16,18-19H2,1-3,5H3/b17-8+,22-12-,23-13+. The molecule has 0 amide bonds. The highest BCUT2D eigenvalue weighted by molar-refractivity contribution is 7.81. The molecule has 3 aliphatic carbocycles. The van der Waals surface area contributed by atoms with Crippen molar-refractivity contribution in [2.45, 2.75) is 103 Å². The average molecular weight is 459 g/mol. The molecule has 0 spiro atoms. The van der Waals surface area contributed by atoms with Gasteiger partial charge in [-0.05, 0) is 86.2 Å². The lowest BCUT2D eigenvalue weighted by Gasteiger charge is -2.42. The second-order valence-corrected chi connectivity index (χ2v) is 11.3. The third-order valence-corrected chi connectivity index (χ3v) is 8.90. The smallest absolute Gasteiger partial charge is 0.126 e. The van der Waals surface area contributed by atoms with Gasteiger partial charge in [-0.15, -0.1) is 0 Å². The molecule has 2 fully saturated rings. The highest BCUT2D eigenvalue weighted by atomic mass is 32.1. The van der Waals surface area contributed by atoms with Gasteiger partial charge < -0.3 is 5.11 Å². The number of hydrogen-bond acceptors (Lipinski definition) is 2. The van der Waals surface area contributed by atoms with E-state index >= 15 is 0 Å². The number of aliphatic hydroxyl groups is 1. The van der Waals surface area contributed by atoms with Gasteiger partial charge in [-0.3, -0.25) is 0 Å². The molecule has 1 N–H and O–H groups in total. The zero-order chi connectivity index (χ0) is 23.5. The Morgan fingerprint density at radius 2 is 2.06 bits per heavy atom. The maximum atomic E-state index is 14.2. The summed E-state index contributed by atoms with van der Waals surface area (Å²) in [5, 5.41) is 10.6. The lowest BCUT2D eigenvalue weighted by molar-refractivity contribution is 0.0824. The van der Waals surface area contributed by atoms with Crippen LogP contribution in [0.4, 0.5) is 4.39 Å². The van der Waals surface area contributed by atoms with Gasteiger partial charge in [0.25, 0.3) is 0 Å². The van der Waals surface area contributed by atoms with Gasteiger partial charge in [-0.2, -0.15) is 12.6 Å². The van der Waals surface area contributed by atoms with Gasteiger partial charge in [0, 0.05) is 5.25 Å². The predicted octanol–water partition coefficient (Wildman–Crippen LogP) is 8.10. The van der Waals surface area contributed by atoms with Crippen LogP contribution in [0, 0.1) is 17.3 Å². The van der Waals surface area contributed by atoms with E-state index in [1.165, 1.54) is 18.4 Å². The number of thiol groups is 1. The summed E-state index contributed by atoms with van der Waals surface area (Å²) in [6.45, 7) is 12.9. The zero-order valence-corrected chi connectivity index (χ0v) is 21.4. The van der Waals surface area contributed by atoms with Gasteiger partial charge in [0.05, 0.1) is 5.60 Å². The second-order valence-electron chi connectivity index (χ2n) is 10.6. The van der Waals surface area contributed by atoms with E-state index in [0.717, 1.165) is 44.1 Å². The summed E-state index contributed by atoms with van der Waals surface area (Å²) in [7, 11) is 0. The first-order valence-corrected chi connectivity index (χ1v) is 13.2. The summed E-state index contributed by atoms with van der Waals surface area (Å²) in [5.41, 5.74) is 4.32. The summed E-state index contributed by atoms with van der Waals surface area (Å²) in [6, 6.07) is 0. The third-order valence-electron chi connectivity index (χ3n) is 8.51. The fourth-order valence-electron chi connectivity index (χ4n) is 6.15. The van der Waals surface area contributed by atoms with Gasteiger partial charge in [-0.1, -0.05) is 75.8 Å². The Bertz CT molecular complexity index is 815. The summed E-state index contributed by atoms with van der Waals surface area (Å²) in [6.07, 6.45) is 18.6. The number of halogens is 1. The molecular formula is C29H43FOS. The van der Waals surface area contributed by atoms with Crippen LogP contribution in [0.15, 0.2) is 59.3 Å². The van der Waals surface area contributed by atoms with Crippen molar-refractivity contribution in [1.82, 2.24) is 0 Å². The Kier molecular flexibility index (Phi) is 8.36. The maximum absolute atomic E-state index is 14.2. The number of hydrogen-bond donors (Lipinski definition) is 2.